The Bertz CT molecular complexity index is 797. The molecule has 132 valence electrons. The lowest BCUT2D eigenvalue weighted by Crippen LogP contribution is -2.21. The van der Waals surface area contributed by atoms with Crippen LogP contribution in [0.1, 0.15) is 23.5 Å². The number of esters is 1. The molecule has 3 rings (SSSR count). The summed E-state index contributed by atoms with van der Waals surface area (Å²) in [6, 6.07) is 5.45. The van der Waals surface area contributed by atoms with Gasteiger partial charge in [0.25, 0.3) is 0 Å². The van der Waals surface area contributed by atoms with Gasteiger partial charge in [-0.25, -0.2) is 9.78 Å². The Morgan fingerprint density at radius 3 is 2.76 bits per heavy atom. The lowest BCUT2D eigenvalue weighted by Gasteiger charge is -2.16. The van der Waals surface area contributed by atoms with Crippen molar-refractivity contribution in [3.63, 3.8) is 0 Å². The fourth-order valence-corrected chi connectivity index (χ4v) is 4.48. The first-order valence-corrected chi connectivity index (χ1v) is 9.69. The Balaban J connectivity index is 1.54. The molecular formula is C17H19N3O3S2. The number of carbonyl (C=O) groups is 1. The molecule has 0 aliphatic rings. The SMILES string of the molecule is CCN(CC)c1nc2sc(C(=O)OCCOc3cccnc3)cc2s1. The molecule has 0 amide bonds. The van der Waals surface area contributed by atoms with Crippen molar-refractivity contribution < 1.29 is 14.3 Å². The minimum atomic E-state index is -0.339. The summed E-state index contributed by atoms with van der Waals surface area (Å²) < 4.78 is 11.7. The Hall–Kier alpha value is -2.19. The third-order valence-electron chi connectivity index (χ3n) is 3.53. The monoisotopic (exact) mass is 377 g/mol. The quantitative estimate of drug-likeness (QED) is 0.439. The maximum Gasteiger partial charge on any atom is 0.348 e. The molecule has 0 N–H and O–H groups in total. The Kier molecular flexibility index (Phi) is 5.83. The lowest BCUT2D eigenvalue weighted by molar-refractivity contribution is 0.0456. The van der Waals surface area contributed by atoms with E-state index in [-0.39, 0.29) is 12.6 Å². The number of rotatable bonds is 8. The molecule has 0 fully saturated rings. The second kappa shape index (κ2) is 8.26. The molecule has 0 aliphatic heterocycles. The van der Waals surface area contributed by atoms with Gasteiger partial charge >= 0.3 is 5.97 Å². The summed E-state index contributed by atoms with van der Waals surface area (Å²) >= 11 is 2.97. The number of nitrogens with zero attached hydrogens (tertiary/aromatic N) is 3. The second-order valence-electron chi connectivity index (χ2n) is 5.12. The van der Waals surface area contributed by atoms with Crippen molar-refractivity contribution in [2.75, 3.05) is 31.2 Å². The molecule has 25 heavy (non-hydrogen) atoms. The molecular weight excluding hydrogens is 358 g/mol. The van der Waals surface area contributed by atoms with Gasteiger partial charge in [0.2, 0.25) is 0 Å². The molecule has 0 atom stereocenters. The van der Waals surface area contributed by atoms with Crippen molar-refractivity contribution in [1.82, 2.24) is 9.97 Å². The molecule has 0 unspecified atom stereocenters. The van der Waals surface area contributed by atoms with E-state index in [0.29, 0.717) is 17.2 Å². The van der Waals surface area contributed by atoms with Crippen molar-refractivity contribution >= 4 is 43.3 Å². The number of pyridine rings is 1. The number of carbonyl (C=O) groups excluding carboxylic acids is 1. The molecule has 3 heterocycles. The second-order valence-corrected chi connectivity index (χ2v) is 7.16. The van der Waals surface area contributed by atoms with E-state index in [9.17, 15) is 4.79 Å². The zero-order chi connectivity index (χ0) is 17.6. The summed E-state index contributed by atoms with van der Waals surface area (Å²) in [4.78, 5) is 24.4. The highest BCUT2D eigenvalue weighted by molar-refractivity contribution is 7.29. The highest BCUT2D eigenvalue weighted by Crippen LogP contribution is 2.34. The van der Waals surface area contributed by atoms with Crippen LogP contribution in [0.15, 0.2) is 30.6 Å². The van der Waals surface area contributed by atoms with Crippen molar-refractivity contribution in [1.29, 1.82) is 0 Å². The van der Waals surface area contributed by atoms with Crippen LogP contribution < -0.4 is 9.64 Å². The van der Waals surface area contributed by atoms with E-state index in [2.05, 4.69) is 28.7 Å². The summed E-state index contributed by atoms with van der Waals surface area (Å²) in [6.45, 7) is 6.54. The number of thiazole rings is 1. The molecule has 0 saturated carbocycles. The molecule has 0 spiro atoms. The molecule has 0 radical (unpaired) electrons. The lowest BCUT2D eigenvalue weighted by atomic mass is 10.4. The van der Waals surface area contributed by atoms with E-state index in [1.165, 1.54) is 11.3 Å². The van der Waals surface area contributed by atoms with Crippen LogP contribution >= 0.6 is 22.7 Å². The minimum absolute atomic E-state index is 0.192. The molecule has 8 heteroatoms. The summed E-state index contributed by atoms with van der Waals surface area (Å²) in [7, 11) is 0. The molecule has 6 nitrogen and oxygen atoms in total. The third kappa shape index (κ3) is 4.26. The zero-order valence-corrected chi connectivity index (χ0v) is 15.7. The number of thiophene rings is 1. The van der Waals surface area contributed by atoms with Gasteiger partial charge in [-0.05, 0) is 32.0 Å². The molecule has 0 aliphatic carbocycles. The van der Waals surface area contributed by atoms with Crippen molar-refractivity contribution in [2.45, 2.75) is 13.8 Å². The number of ether oxygens (including phenoxy) is 2. The smallest absolute Gasteiger partial charge is 0.348 e. The van der Waals surface area contributed by atoms with Gasteiger partial charge in [-0.15, -0.1) is 11.3 Å². The Morgan fingerprint density at radius 2 is 2.08 bits per heavy atom. The van der Waals surface area contributed by atoms with E-state index in [1.807, 2.05) is 6.07 Å². The highest BCUT2D eigenvalue weighted by atomic mass is 32.1. The predicted octanol–water partition coefficient (Wildman–Crippen LogP) is 3.83. The molecule has 0 aromatic carbocycles. The zero-order valence-electron chi connectivity index (χ0n) is 14.1. The Morgan fingerprint density at radius 1 is 1.24 bits per heavy atom. The summed E-state index contributed by atoms with van der Waals surface area (Å²) in [5.74, 6) is 0.317. The summed E-state index contributed by atoms with van der Waals surface area (Å²) in [5, 5.41) is 0.996. The number of anilines is 1. The fraction of sp³-hybridized carbons (Fsp3) is 0.353. The first-order chi connectivity index (χ1) is 12.2. The van der Waals surface area contributed by atoms with Crippen molar-refractivity contribution in [3.05, 3.63) is 35.5 Å². The van der Waals surface area contributed by atoms with Gasteiger partial charge in [-0.1, -0.05) is 11.3 Å². The normalized spacial score (nSPS) is 10.8. The number of hydrogen-bond acceptors (Lipinski definition) is 8. The molecule has 3 aromatic heterocycles. The summed E-state index contributed by atoms with van der Waals surface area (Å²) in [5.41, 5.74) is 0. The predicted molar refractivity (Wildman–Crippen MR) is 101 cm³/mol. The highest BCUT2D eigenvalue weighted by Gasteiger charge is 2.16. The van der Waals surface area contributed by atoms with Crippen LogP contribution in [0.2, 0.25) is 0 Å². The number of fused-ring (bicyclic) bond motifs is 1. The Labute approximate surface area is 154 Å². The van der Waals surface area contributed by atoms with Crippen LogP contribution in [0.5, 0.6) is 5.75 Å². The number of aromatic nitrogens is 2. The van der Waals surface area contributed by atoms with Crippen LogP contribution in [-0.2, 0) is 4.74 Å². The average Bonchev–Trinajstić information content (AvgIpc) is 3.20. The molecule has 0 bridgehead atoms. The van der Waals surface area contributed by atoms with E-state index in [1.54, 1.807) is 35.9 Å². The first kappa shape index (κ1) is 17.6. The largest absolute Gasteiger partial charge is 0.488 e. The molecule has 3 aromatic rings. The van der Waals surface area contributed by atoms with Crippen molar-refractivity contribution in [2.24, 2.45) is 0 Å². The van der Waals surface area contributed by atoms with E-state index >= 15 is 0 Å². The topological polar surface area (TPSA) is 64.6 Å². The van der Waals surface area contributed by atoms with E-state index in [0.717, 1.165) is 27.8 Å². The van der Waals surface area contributed by atoms with Gasteiger partial charge in [0.15, 0.2) is 5.13 Å². The maximum atomic E-state index is 12.1. The first-order valence-electron chi connectivity index (χ1n) is 8.06. The van der Waals surface area contributed by atoms with Crippen molar-refractivity contribution in [3.8, 4) is 5.75 Å². The van der Waals surface area contributed by atoms with Gasteiger partial charge in [-0.2, -0.15) is 0 Å². The third-order valence-corrected chi connectivity index (χ3v) is 5.73. The number of hydrogen-bond donors (Lipinski definition) is 0. The average molecular weight is 377 g/mol. The van der Waals surface area contributed by atoms with Crippen LogP contribution in [0, 0.1) is 0 Å². The minimum Gasteiger partial charge on any atom is -0.488 e. The maximum absolute atomic E-state index is 12.1. The summed E-state index contributed by atoms with van der Waals surface area (Å²) in [6.07, 6.45) is 3.30. The van der Waals surface area contributed by atoms with Gasteiger partial charge < -0.3 is 14.4 Å². The van der Waals surface area contributed by atoms with Gasteiger partial charge in [-0.3, -0.25) is 4.98 Å². The van der Waals surface area contributed by atoms with Crippen LogP contribution in [0.3, 0.4) is 0 Å². The fourth-order valence-electron chi connectivity index (χ4n) is 2.25. The van der Waals surface area contributed by atoms with Crippen LogP contribution in [0.25, 0.3) is 9.53 Å². The van der Waals surface area contributed by atoms with Gasteiger partial charge in [0, 0.05) is 19.3 Å². The van der Waals surface area contributed by atoms with Gasteiger partial charge in [0.05, 0.1) is 10.9 Å². The van der Waals surface area contributed by atoms with E-state index in [4.69, 9.17) is 9.47 Å². The van der Waals surface area contributed by atoms with Gasteiger partial charge in [0.1, 0.15) is 28.7 Å². The van der Waals surface area contributed by atoms with E-state index < -0.39 is 0 Å². The standard InChI is InChI=1S/C17H19N3O3S2/c1-3-20(4-2)17-19-15-13(25-17)10-14(24-15)16(21)23-9-8-22-12-6-5-7-18-11-12/h5-7,10-11H,3-4,8-9H2,1-2H3. The molecule has 0 saturated heterocycles. The van der Waals surface area contributed by atoms with Crippen LogP contribution in [-0.4, -0.2) is 42.2 Å². The van der Waals surface area contributed by atoms with Crippen LogP contribution in [0.4, 0.5) is 5.13 Å².